The average molecular weight is 385 g/mol. The van der Waals surface area contributed by atoms with Crippen LogP contribution in [0.5, 0.6) is 0 Å². The fourth-order valence-corrected chi connectivity index (χ4v) is 1.41. The third kappa shape index (κ3) is 14.9. The van der Waals surface area contributed by atoms with Crippen LogP contribution in [0.2, 0.25) is 0 Å². The van der Waals surface area contributed by atoms with Gasteiger partial charge in [-0.25, -0.2) is 0 Å². The maximum absolute atomic E-state index is 11.5. The molecular formula is C12H22N4O8S. The fourth-order valence-electron chi connectivity index (χ4n) is 1.16. The van der Waals surface area contributed by atoms with Crippen LogP contribution in [0.4, 0.5) is 0 Å². The Labute approximate surface area is 148 Å². The zero-order valence-electron chi connectivity index (χ0n) is 13.2. The van der Waals surface area contributed by atoms with Crippen molar-refractivity contribution in [3.8, 4) is 0 Å². The molecule has 0 spiro atoms. The second kappa shape index (κ2) is 14.0. The van der Waals surface area contributed by atoms with Crippen molar-refractivity contribution in [1.82, 2.24) is 10.6 Å². The summed E-state index contributed by atoms with van der Waals surface area (Å²) in [4.78, 5) is 53.0. The average Bonchev–Trinajstić information content (AvgIpc) is 2.55. The van der Waals surface area contributed by atoms with E-state index in [0.717, 1.165) is 0 Å². The third-order valence-corrected chi connectivity index (χ3v) is 2.79. The molecule has 0 aromatic rings. The van der Waals surface area contributed by atoms with Gasteiger partial charge in [-0.15, -0.1) is 0 Å². The molecule has 0 aromatic carbocycles. The van der Waals surface area contributed by atoms with E-state index < -0.39 is 48.4 Å². The van der Waals surface area contributed by atoms with Gasteiger partial charge in [-0.05, 0) is 6.42 Å². The number of thiol groups is 1. The number of carboxylic acid groups (broad SMARTS) is 3. The van der Waals surface area contributed by atoms with E-state index in [9.17, 15) is 24.0 Å². The van der Waals surface area contributed by atoms with Gasteiger partial charge in [-0.2, -0.15) is 12.6 Å². The lowest BCUT2D eigenvalue weighted by Crippen LogP contribution is -2.49. The van der Waals surface area contributed by atoms with Crippen LogP contribution in [0.3, 0.4) is 0 Å². The molecule has 2 amide bonds. The summed E-state index contributed by atoms with van der Waals surface area (Å²) < 4.78 is 0. The standard InChI is InChI=1S/C10H17N3O6S.C2H5NO2/c11-5(10(18)19)1-2-7(14)13-6(4-20)9(17)12-3-8(15)16;3-1-2(4)5/h5-6,20H,1-4,11H2,(H,12,17)(H,13,14)(H,15,16)(H,18,19);1,3H2,(H,4,5)/i;1+1,2+1,3+1. The van der Waals surface area contributed by atoms with Crippen LogP contribution in [0.15, 0.2) is 0 Å². The van der Waals surface area contributed by atoms with Gasteiger partial charge >= 0.3 is 17.9 Å². The fraction of sp³-hybridized carbons (Fsp3) is 0.583. The molecule has 0 radical (unpaired) electrons. The molecule has 0 saturated carbocycles. The first-order chi connectivity index (χ1) is 11.5. The number of amides is 2. The Bertz CT molecular complexity index is 488. The van der Waals surface area contributed by atoms with E-state index in [0.29, 0.717) is 0 Å². The van der Waals surface area contributed by atoms with Crippen molar-refractivity contribution in [2.75, 3.05) is 18.8 Å². The molecule has 2 atom stereocenters. The summed E-state index contributed by atoms with van der Waals surface area (Å²) in [5.41, 5.74) is 9.80. The number of hydrogen-bond acceptors (Lipinski definition) is 8. The van der Waals surface area contributed by atoms with Gasteiger partial charge in [-0.3, -0.25) is 24.0 Å². The summed E-state index contributed by atoms with van der Waals surface area (Å²) in [6.45, 7) is -0.844. The van der Waals surface area contributed by atoms with E-state index in [-0.39, 0.29) is 25.1 Å². The van der Waals surface area contributed by atoms with Crippen molar-refractivity contribution in [3.05, 3.63) is 0 Å². The first-order valence-corrected chi connectivity index (χ1v) is 7.48. The van der Waals surface area contributed by atoms with Crippen LogP contribution in [0.1, 0.15) is 12.8 Å². The van der Waals surface area contributed by atoms with Crippen molar-refractivity contribution < 1.29 is 39.3 Å². The summed E-state index contributed by atoms with van der Waals surface area (Å²) in [7, 11) is 0. The van der Waals surface area contributed by atoms with Crippen LogP contribution in [0.25, 0.3) is 0 Å². The predicted octanol–water partition coefficient (Wildman–Crippen LogP) is -3.18. The maximum atomic E-state index is 11.5. The van der Waals surface area contributed by atoms with Crippen LogP contribution in [-0.2, 0) is 24.0 Å². The third-order valence-electron chi connectivity index (χ3n) is 2.42. The Morgan fingerprint density at radius 2 is 1.56 bits per heavy atom. The second-order valence-corrected chi connectivity index (χ2v) is 4.86. The van der Waals surface area contributed by atoms with E-state index in [2.05, 4.69) is 29.0 Å². The van der Waals surface area contributed by atoms with Gasteiger partial charge < -0.3 is 37.4 Å². The normalized spacial score (nSPS) is 12.0. The molecule has 0 bridgehead atoms. The lowest BCUT2D eigenvalue weighted by atomic mass is 10.1. The Morgan fingerprint density at radius 1 is 1.04 bits per heavy atom. The molecule has 0 heterocycles. The second-order valence-electron chi connectivity index (χ2n) is 4.50. The summed E-state index contributed by atoms with van der Waals surface area (Å²) in [6.07, 6.45) is -0.235. The number of carbonyl (C=O) groups excluding carboxylic acids is 2. The number of rotatable bonds is 10. The number of carboxylic acids is 3. The summed E-state index contributed by atoms with van der Waals surface area (Å²) in [5, 5.41) is 29.0. The highest BCUT2D eigenvalue weighted by molar-refractivity contribution is 7.80. The number of hydrogen-bond donors (Lipinski definition) is 8. The zero-order chi connectivity index (χ0) is 20.0. The molecule has 13 heteroatoms. The van der Waals surface area contributed by atoms with E-state index in [4.69, 9.17) is 21.1 Å². The Morgan fingerprint density at radius 3 is 1.92 bits per heavy atom. The summed E-state index contributed by atoms with van der Waals surface area (Å²) in [6, 6.07) is -2.15. The van der Waals surface area contributed by atoms with Gasteiger partial charge in [0.1, 0.15) is 18.6 Å². The van der Waals surface area contributed by atoms with Crippen LogP contribution in [0, 0.1) is 0 Å². The highest BCUT2D eigenvalue weighted by atomic mass is 32.1. The highest BCUT2D eigenvalue weighted by Crippen LogP contribution is 1.97. The molecule has 25 heavy (non-hydrogen) atoms. The molecule has 0 saturated heterocycles. The van der Waals surface area contributed by atoms with Gasteiger partial charge in [0.25, 0.3) is 0 Å². The molecule has 0 aliphatic carbocycles. The molecule has 2 unspecified atom stereocenters. The monoisotopic (exact) mass is 385 g/mol. The van der Waals surface area contributed by atoms with E-state index in [1.54, 1.807) is 0 Å². The van der Waals surface area contributed by atoms with Gasteiger partial charge in [-0.1, -0.05) is 0 Å². The minimum Gasteiger partial charge on any atom is -0.480 e. The predicted molar refractivity (Wildman–Crippen MR) is 88.0 cm³/mol. The van der Waals surface area contributed by atoms with Crippen LogP contribution < -0.4 is 22.1 Å². The highest BCUT2D eigenvalue weighted by Gasteiger charge is 2.20. The molecule has 0 fully saturated rings. The topological polar surface area (TPSA) is 222 Å². The number of nitrogens with two attached hydrogens (primary N) is 2. The zero-order valence-corrected chi connectivity index (χ0v) is 14.1. The Kier molecular flexibility index (Phi) is 13.9. The molecule has 0 rings (SSSR count). The van der Waals surface area contributed by atoms with Crippen molar-refractivity contribution in [2.45, 2.75) is 24.9 Å². The number of nitrogens with one attached hydrogen (secondary N) is 2. The minimum atomic E-state index is -1.22. The van der Waals surface area contributed by atoms with Crippen molar-refractivity contribution in [3.63, 3.8) is 0 Å². The van der Waals surface area contributed by atoms with Crippen LogP contribution in [-0.4, -0.2) is 76.0 Å². The summed E-state index contributed by atoms with van der Waals surface area (Å²) >= 11 is 3.87. The van der Waals surface area contributed by atoms with E-state index >= 15 is 0 Å². The van der Waals surface area contributed by atoms with E-state index in [1.165, 1.54) is 0 Å². The minimum absolute atomic E-state index is 0.0256. The first kappa shape index (κ1) is 24.9. The molecule has 0 aliphatic heterocycles. The first-order valence-electron chi connectivity index (χ1n) is 6.85. The van der Waals surface area contributed by atoms with Gasteiger partial charge in [0, 0.05) is 12.2 Å². The van der Waals surface area contributed by atoms with Gasteiger partial charge in [0.15, 0.2) is 0 Å². The lowest BCUT2D eigenvalue weighted by molar-refractivity contribution is -0.139. The molecular weight excluding hydrogens is 363 g/mol. The SMILES string of the molecule is NC(CCC(=O)NC(CS)C(=O)NCC(=O)O)C(=O)O.[15NH2][13CH2][13C](=O)O. The van der Waals surface area contributed by atoms with E-state index in [1.807, 2.05) is 0 Å². The van der Waals surface area contributed by atoms with Crippen molar-refractivity contribution >= 4 is 42.4 Å². The Balaban J connectivity index is 0. The largest absolute Gasteiger partial charge is 0.480 e. The molecule has 0 aliphatic rings. The Hall–Kier alpha value is -2.38. The molecule has 12 nitrogen and oxygen atoms in total. The molecule has 9 N–H and O–H groups in total. The van der Waals surface area contributed by atoms with Crippen molar-refractivity contribution in [2.24, 2.45) is 11.5 Å². The lowest BCUT2D eigenvalue weighted by Gasteiger charge is -2.16. The summed E-state index contributed by atoms with van der Waals surface area (Å²) in [5.74, 6) is -4.67. The number of aliphatic carboxylic acids is 3. The van der Waals surface area contributed by atoms with Crippen LogP contribution >= 0.6 is 12.6 Å². The van der Waals surface area contributed by atoms with Gasteiger partial charge in [0.2, 0.25) is 11.8 Å². The number of carbonyl (C=O) groups is 5. The molecule has 144 valence electrons. The quantitative estimate of drug-likeness (QED) is 0.107. The molecule has 0 aromatic heterocycles. The van der Waals surface area contributed by atoms with Gasteiger partial charge in [0.05, 0.1) is 6.54 Å². The smallest absolute Gasteiger partial charge is 0.322 e. The van der Waals surface area contributed by atoms with Crippen molar-refractivity contribution in [1.29, 1.82) is 0 Å². The maximum Gasteiger partial charge on any atom is 0.322 e.